The smallest absolute Gasteiger partial charge is 0.256 e. The number of carbonyl (C=O) groups excluding carboxylic acids is 1. The largest absolute Gasteiger partial charge is 0.442 e. The van der Waals surface area contributed by atoms with E-state index in [1.807, 2.05) is 0 Å². The van der Waals surface area contributed by atoms with Crippen LogP contribution in [0.25, 0.3) is 11.1 Å². The number of nitrogens with zero attached hydrogens (tertiary/aromatic N) is 2. The van der Waals surface area contributed by atoms with Crippen molar-refractivity contribution in [1.29, 1.82) is 0 Å². The molecule has 7 heteroatoms. The summed E-state index contributed by atoms with van der Waals surface area (Å²) in [6, 6.07) is 0. The van der Waals surface area contributed by atoms with Gasteiger partial charge in [-0.2, -0.15) is 0 Å². The Morgan fingerprint density at radius 1 is 1.43 bits per heavy atom. The lowest BCUT2D eigenvalue weighted by atomic mass is 10.1. The highest BCUT2D eigenvalue weighted by molar-refractivity contribution is 6.10. The number of aryl methyl sites for hydroxylation is 1. The molecule has 2 aromatic rings. The fourth-order valence-electron chi connectivity index (χ4n) is 2.41. The first-order valence-corrected chi connectivity index (χ1v) is 7.65. The van der Waals surface area contributed by atoms with Gasteiger partial charge in [0.1, 0.15) is 24.6 Å². The van der Waals surface area contributed by atoms with Gasteiger partial charge in [0, 0.05) is 5.54 Å². The van der Waals surface area contributed by atoms with Crippen LogP contribution in [0.15, 0.2) is 10.7 Å². The maximum Gasteiger partial charge on any atom is 0.256 e. The number of rotatable bonds is 5. The second-order valence-electron chi connectivity index (χ2n) is 7.09. The van der Waals surface area contributed by atoms with E-state index in [0.717, 1.165) is 12.8 Å². The summed E-state index contributed by atoms with van der Waals surface area (Å²) in [6.45, 7) is 6.39. The number of amides is 1. The van der Waals surface area contributed by atoms with Gasteiger partial charge in [-0.1, -0.05) is 0 Å². The van der Waals surface area contributed by atoms with Crippen LogP contribution in [-0.4, -0.2) is 33.6 Å². The average molecular weight is 320 g/mol. The molecule has 124 valence electrons. The monoisotopic (exact) mass is 320 g/mol. The highest BCUT2D eigenvalue weighted by Gasteiger charge is 2.38. The standard InChI is InChI=1S/C16H21FN4O2/c1-9-10(13(22)21-15(2,3)7-17)11-12(20-16(4)5-6-16)18-8-19-14(11)23-9/h8H,5-7H2,1-4H3,(H,21,22)(H,18,19,20). The van der Waals surface area contributed by atoms with Crippen molar-refractivity contribution in [3.05, 3.63) is 17.7 Å². The predicted molar refractivity (Wildman–Crippen MR) is 85.3 cm³/mol. The fourth-order valence-corrected chi connectivity index (χ4v) is 2.41. The van der Waals surface area contributed by atoms with Gasteiger partial charge in [0.25, 0.3) is 5.91 Å². The number of fused-ring (bicyclic) bond motifs is 1. The second kappa shape index (κ2) is 5.18. The number of carbonyl (C=O) groups is 1. The van der Waals surface area contributed by atoms with Crippen LogP contribution < -0.4 is 10.6 Å². The van der Waals surface area contributed by atoms with Gasteiger partial charge in [-0.05, 0) is 40.5 Å². The molecule has 0 spiro atoms. The molecule has 2 N–H and O–H groups in total. The van der Waals surface area contributed by atoms with Gasteiger partial charge in [-0.25, -0.2) is 14.4 Å². The summed E-state index contributed by atoms with van der Waals surface area (Å²) in [4.78, 5) is 21.0. The van der Waals surface area contributed by atoms with E-state index in [9.17, 15) is 9.18 Å². The van der Waals surface area contributed by atoms with Crippen LogP contribution >= 0.6 is 0 Å². The number of furan rings is 1. The Hall–Kier alpha value is -2.18. The van der Waals surface area contributed by atoms with Crippen molar-refractivity contribution in [1.82, 2.24) is 15.3 Å². The number of halogens is 1. The first kappa shape index (κ1) is 15.7. The Balaban J connectivity index is 2.05. The lowest BCUT2D eigenvalue weighted by Crippen LogP contribution is -2.45. The summed E-state index contributed by atoms with van der Waals surface area (Å²) in [5.74, 6) is 0.634. The second-order valence-corrected chi connectivity index (χ2v) is 7.09. The van der Waals surface area contributed by atoms with E-state index in [4.69, 9.17) is 4.42 Å². The minimum Gasteiger partial charge on any atom is -0.442 e. The van der Waals surface area contributed by atoms with Crippen molar-refractivity contribution < 1.29 is 13.6 Å². The molecule has 3 rings (SSSR count). The van der Waals surface area contributed by atoms with Gasteiger partial charge in [-0.3, -0.25) is 4.79 Å². The molecule has 0 atom stereocenters. The molecule has 1 aliphatic carbocycles. The van der Waals surface area contributed by atoms with E-state index >= 15 is 0 Å². The molecular formula is C16H21FN4O2. The maximum absolute atomic E-state index is 13.0. The van der Waals surface area contributed by atoms with Gasteiger partial charge in [-0.15, -0.1) is 0 Å². The summed E-state index contributed by atoms with van der Waals surface area (Å²) in [5.41, 5.74) is -0.238. The van der Waals surface area contributed by atoms with Crippen LogP contribution in [0.1, 0.15) is 49.7 Å². The normalized spacial score (nSPS) is 16.4. The zero-order valence-electron chi connectivity index (χ0n) is 13.8. The molecule has 23 heavy (non-hydrogen) atoms. The molecule has 0 radical (unpaired) electrons. The molecule has 0 saturated heterocycles. The van der Waals surface area contributed by atoms with Crippen LogP contribution in [0.5, 0.6) is 0 Å². The first-order chi connectivity index (χ1) is 10.7. The third-order valence-corrected chi connectivity index (χ3v) is 4.10. The van der Waals surface area contributed by atoms with Crippen molar-refractivity contribution in [2.24, 2.45) is 0 Å². The Labute approximate surface area is 133 Å². The summed E-state index contributed by atoms with van der Waals surface area (Å²) in [5, 5.41) is 6.59. The molecule has 0 bridgehead atoms. The highest BCUT2D eigenvalue weighted by Crippen LogP contribution is 2.40. The molecule has 1 amide bonds. The van der Waals surface area contributed by atoms with Crippen molar-refractivity contribution in [2.75, 3.05) is 12.0 Å². The molecule has 1 fully saturated rings. The lowest BCUT2D eigenvalue weighted by molar-refractivity contribution is 0.0899. The summed E-state index contributed by atoms with van der Waals surface area (Å²) in [7, 11) is 0. The molecule has 0 aliphatic heterocycles. The van der Waals surface area contributed by atoms with Crippen molar-refractivity contribution in [2.45, 2.75) is 51.6 Å². The quantitative estimate of drug-likeness (QED) is 0.885. The van der Waals surface area contributed by atoms with Crippen LogP contribution in [0, 0.1) is 6.92 Å². The molecule has 2 aromatic heterocycles. The molecule has 1 saturated carbocycles. The minimum absolute atomic E-state index is 0.00157. The van der Waals surface area contributed by atoms with Gasteiger partial charge < -0.3 is 15.1 Å². The van der Waals surface area contributed by atoms with Crippen LogP contribution in [0.2, 0.25) is 0 Å². The molecular weight excluding hydrogens is 299 g/mol. The molecule has 0 aromatic carbocycles. The SMILES string of the molecule is Cc1oc2ncnc(NC3(C)CC3)c2c1C(=O)NC(C)(C)CF. The zero-order valence-corrected chi connectivity index (χ0v) is 13.8. The Bertz CT molecular complexity index is 765. The number of alkyl halides is 1. The van der Waals surface area contributed by atoms with E-state index in [1.54, 1.807) is 20.8 Å². The molecule has 2 heterocycles. The van der Waals surface area contributed by atoms with Crippen molar-refractivity contribution >= 4 is 22.8 Å². The fraction of sp³-hybridized carbons (Fsp3) is 0.562. The van der Waals surface area contributed by atoms with Crippen LogP contribution in [0.3, 0.4) is 0 Å². The molecule has 6 nitrogen and oxygen atoms in total. The zero-order chi connectivity index (χ0) is 16.8. The van der Waals surface area contributed by atoms with Gasteiger partial charge in [0.15, 0.2) is 0 Å². The minimum atomic E-state index is -0.946. The van der Waals surface area contributed by atoms with E-state index in [1.165, 1.54) is 6.33 Å². The summed E-state index contributed by atoms with van der Waals surface area (Å²) in [6.07, 6.45) is 3.50. The number of anilines is 1. The number of hydrogen-bond donors (Lipinski definition) is 2. The number of aromatic nitrogens is 2. The topological polar surface area (TPSA) is 80.1 Å². The number of hydrogen-bond acceptors (Lipinski definition) is 5. The van der Waals surface area contributed by atoms with Gasteiger partial charge >= 0.3 is 0 Å². The highest BCUT2D eigenvalue weighted by atomic mass is 19.1. The van der Waals surface area contributed by atoms with Crippen LogP contribution in [0.4, 0.5) is 10.2 Å². The van der Waals surface area contributed by atoms with E-state index in [2.05, 4.69) is 27.5 Å². The first-order valence-electron chi connectivity index (χ1n) is 7.65. The molecule has 0 unspecified atom stereocenters. The Kier molecular flexibility index (Phi) is 3.54. The van der Waals surface area contributed by atoms with Crippen LogP contribution in [-0.2, 0) is 0 Å². The average Bonchev–Trinajstić information content (AvgIpc) is 3.07. The lowest BCUT2D eigenvalue weighted by Gasteiger charge is -2.22. The van der Waals surface area contributed by atoms with Crippen molar-refractivity contribution in [3.63, 3.8) is 0 Å². The molecule has 1 aliphatic rings. The van der Waals surface area contributed by atoms with E-state index in [-0.39, 0.29) is 11.4 Å². The third-order valence-electron chi connectivity index (χ3n) is 4.10. The maximum atomic E-state index is 13.0. The summed E-state index contributed by atoms with van der Waals surface area (Å²) >= 11 is 0. The van der Waals surface area contributed by atoms with E-state index < -0.39 is 12.2 Å². The van der Waals surface area contributed by atoms with Gasteiger partial charge in [0.05, 0.1) is 16.5 Å². The Morgan fingerprint density at radius 2 is 2.13 bits per heavy atom. The predicted octanol–water partition coefficient (Wildman–Crippen LogP) is 2.97. The third kappa shape index (κ3) is 3.00. The number of nitrogens with one attached hydrogen (secondary N) is 2. The van der Waals surface area contributed by atoms with E-state index in [0.29, 0.717) is 28.2 Å². The Morgan fingerprint density at radius 3 is 2.74 bits per heavy atom. The van der Waals surface area contributed by atoms with Crippen molar-refractivity contribution in [3.8, 4) is 0 Å². The summed E-state index contributed by atoms with van der Waals surface area (Å²) < 4.78 is 18.6. The van der Waals surface area contributed by atoms with Gasteiger partial charge in [0.2, 0.25) is 5.71 Å².